The molecule has 3 atom stereocenters. The maximum Gasteiger partial charge on any atom is 0.352 e. The van der Waals surface area contributed by atoms with Gasteiger partial charge in [0.25, 0.3) is 0 Å². The maximum absolute atomic E-state index is 14.1. The normalized spacial score (nSPS) is 26.1. The predicted molar refractivity (Wildman–Crippen MR) is 136 cm³/mol. The van der Waals surface area contributed by atoms with Gasteiger partial charge < -0.3 is 23.4 Å². The lowest BCUT2D eigenvalue weighted by Crippen LogP contribution is -2.72. The van der Waals surface area contributed by atoms with E-state index in [1.54, 1.807) is 58.0 Å². The molecule has 1 aliphatic carbocycles. The molecule has 0 saturated heterocycles. The average molecular weight is 517 g/mol. The van der Waals surface area contributed by atoms with Crippen LogP contribution in [-0.2, 0) is 37.8 Å². The zero-order valence-corrected chi connectivity index (χ0v) is 23.3. The van der Waals surface area contributed by atoms with E-state index < -0.39 is 48.8 Å². The van der Waals surface area contributed by atoms with E-state index in [4.69, 9.17) is 23.4 Å². The monoisotopic (exact) mass is 516 g/mol. The number of rotatable bonds is 7. The first-order valence-electron chi connectivity index (χ1n) is 12.0. The van der Waals surface area contributed by atoms with E-state index in [2.05, 4.69) is 0 Å². The molecule has 0 N–H and O–H groups in total. The highest BCUT2D eigenvalue weighted by atomic mass is 28.4. The van der Waals surface area contributed by atoms with E-state index in [0.29, 0.717) is 11.3 Å². The molecule has 0 radical (unpaired) electrons. The van der Waals surface area contributed by atoms with Gasteiger partial charge in [0.05, 0.1) is 18.8 Å². The highest BCUT2D eigenvalue weighted by Crippen LogP contribution is 2.55. The van der Waals surface area contributed by atoms with Crippen LogP contribution in [0.25, 0.3) is 5.76 Å². The summed E-state index contributed by atoms with van der Waals surface area (Å²) in [5, 5.41) is 0. The van der Waals surface area contributed by atoms with Gasteiger partial charge in [0.15, 0.2) is 5.78 Å². The summed E-state index contributed by atoms with van der Waals surface area (Å²) < 4.78 is 29.7. The largest absolute Gasteiger partial charge is 0.547 e. The third kappa shape index (κ3) is 4.99. The average Bonchev–Trinajstić information content (AvgIpc) is 2.76. The van der Waals surface area contributed by atoms with Crippen LogP contribution in [-0.4, -0.2) is 57.1 Å². The van der Waals surface area contributed by atoms with Crippen molar-refractivity contribution >= 4 is 31.8 Å². The Hall–Kier alpha value is -2.91. The number of ketones is 1. The maximum atomic E-state index is 14.1. The molecule has 0 spiro atoms. The Morgan fingerprint density at radius 1 is 1.11 bits per heavy atom. The molecule has 1 aromatic rings. The summed E-state index contributed by atoms with van der Waals surface area (Å²) in [6.45, 7) is 12.7. The Morgan fingerprint density at radius 3 is 2.28 bits per heavy atom. The third-order valence-electron chi connectivity index (χ3n) is 5.83. The van der Waals surface area contributed by atoms with Crippen molar-refractivity contribution in [2.45, 2.75) is 71.1 Å². The second-order valence-electron chi connectivity index (χ2n) is 10.9. The van der Waals surface area contributed by atoms with Crippen molar-refractivity contribution in [3.8, 4) is 0 Å². The van der Waals surface area contributed by atoms with E-state index in [0.717, 1.165) is 0 Å². The summed E-state index contributed by atoms with van der Waals surface area (Å²) >= 11 is 0. The molecule has 9 heteroatoms. The quantitative estimate of drug-likeness (QED) is 0.299. The molecule has 8 nitrogen and oxygen atoms in total. The topological polar surface area (TPSA) is 97.4 Å². The molecule has 3 rings (SSSR count). The summed E-state index contributed by atoms with van der Waals surface area (Å²) in [5.41, 5.74) is -4.69. The van der Waals surface area contributed by atoms with Gasteiger partial charge in [-0.1, -0.05) is 30.3 Å². The first kappa shape index (κ1) is 27.7. The van der Waals surface area contributed by atoms with Crippen LogP contribution in [0.1, 0.15) is 39.7 Å². The summed E-state index contributed by atoms with van der Waals surface area (Å²) in [7, 11) is -0.799. The van der Waals surface area contributed by atoms with Crippen LogP contribution in [0.2, 0.25) is 19.6 Å². The second-order valence-corrected chi connectivity index (χ2v) is 15.3. The molecular weight excluding hydrogens is 480 g/mol. The molecule has 0 amide bonds. The van der Waals surface area contributed by atoms with Crippen molar-refractivity contribution in [2.75, 3.05) is 13.7 Å². The number of carbonyl (C=O) groups excluding carboxylic acids is 3. The molecule has 0 unspecified atom stereocenters. The highest BCUT2D eigenvalue weighted by Gasteiger charge is 2.76. The molecule has 0 aromatic heterocycles. The number of allylic oxidation sites excluding steroid dienone is 1. The third-order valence-corrected chi connectivity index (χ3v) is 6.71. The van der Waals surface area contributed by atoms with Gasteiger partial charge in [0.2, 0.25) is 19.3 Å². The van der Waals surface area contributed by atoms with Gasteiger partial charge in [0, 0.05) is 18.7 Å². The number of methoxy groups -OCH3 is 1. The summed E-state index contributed by atoms with van der Waals surface area (Å²) in [6, 6.07) is 8.91. The van der Waals surface area contributed by atoms with Crippen molar-refractivity contribution in [2.24, 2.45) is 5.41 Å². The minimum absolute atomic E-state index is 0.0124. The standard InChI is InChI=1S/C27H36O8Si/c1-9-32-23(29)26-17-19(35-36(6,7)8)15-22(31-5)27(26,24(30)34-25(2,3)4)21(28)16-20(33-26)18-13-11-10-12-14-18/h10-16,22H,9,17H2,1-8H3/t22-,26-,27-/m1/s1. The molecule has 36 heavy (non-hydrogen) atoms. The van der Waals surface area contributed by atoms with E-state index in [9.17, 15) is 14.4 Å². The fraction of sp³-hybridized carbons (Fsp3) is 0.519. The highest BCUT2D eigenvalue weighted by molar-refractivity contribution is 6.70. The van der Waals surface area contributed by atoms with Crippen molar-refractivity contribution in [3.05, 3.63) is 53.8 Å². The van der Waals surface area contributed by atoms with E-state index in [-0.39, 0.29) is 18.8 Å². The lowest BCUT2D eigenvalue weighted by Gasteiger charge is -2.52. The fourth-order valence-corrected chi connectivity index (χ4v) is 5.52. The number of hydrogen-bond acceptors (Lipinski definition) is 8. The SMILES string of the molecule is CCOC(=O)[C@]12CC(O[Si](C)(C)C)=C[C@@H](OC)[C@@]1(C(=O)OC(C)(C)C)C(=O)C=C(c1ccccc1)O2. The van der Waals surface area contributed by atoms with E-state index >= 15 is 0 Å². The van der Waals surface area contributed by atoms with E-state index in [1.807, 2.05) is 25.7 Å². The van der Waals surface area contributed by atoms with Gasteiger partial charge in [0.1, 0.15) is 17.5 Å². The predicted octanol–water partition coefficient (Wildman–Crippen LogP) is 4.41. The van der Waals surface area contributed by atoms with Gasteiger partial charge in [-0.2, -0.15) is 0 Å². The van der Waals surface area contributed by atoms with Crippen LogP contribution < -0.4 is 0 Å². The van der Waals surface area contributed by atoms with Gasteiger partial charge in [-0.25, -0.2) is 4.79 Å². The number of fused-ring (bicyclic) bond motifs is 1. The minimum Gasteiger partial charge on any atom is -0.547 e. The molecule has 0 fully saturated rings. The molecule has 196 valence electrons. The number of carbonyl (C=O) groups is 3. The van der Waals surface area contributed by atoms with Gasteiger partial charge in [-0.3, -0.25) is 9.59 Å². The molecule has 1 aliphatic heterocycles. The van der Waals surface area contributed by atoms with Gasteiger partial charge in [-0.05, 0) is 53.4 Å². The number of esters is 2. The Morgan fingerprint density at radius 2 is 1.75 bits per heavy atom. The van der Waals surface area contributed by atoms with Crippen LogP contribution in [0, 0.1) is 5.41 Å². The van der Waals surface area contributed by atoms with Crippen LogP contribution >= 0.6 is 0 Å². The smallest absolute Gasteiger partial charge is 0.352 e. The number of hydrogen-bond donors (Lipinski definition) is 0. The molecule has 1 aromatic carbocycles. The first-order chi connectivity index (χ1) is 16.7. The summed E-state index contributed by atoms with van der Waals surface area (Å²) in [6.07, 6.45) is 1.41. The van der Waals surface area contributed by atoms with Crippen molar-refractivity contribution in [1.29, 1.82) is 0 Å². The molecular formula is C27H36O8Si. The zero-order valence-electron chi connectivity index (χ0n) is 22.3. The van der Waals surface area contributed by atoms with Crippen molar-refractivity contribution < 1.29 is 37.8 Å². The van der Waals surface area contributed by atoms with Crippen LogP contribution in [0.5, 0.6) is 0 Å². The van der Waals surface area contributed by atoms with Crippen LogP contribution in [0.4, 0.5) is 0 Å². The summed E-state index contributed by atoms with van der Waals surface area (Å²) in [5.74, 6) is -1.90. The Balaban J connectivity index is 2.36. The Kier molecular flexibility index (Phi) is 7.58. The molecule has 2 aliphatic rings. The lowest BCUT2D eigenvalue weighted by atomic mass is 9.59. The number of benzene rings is 1. The van der Waals surface area contributed by atoms with Crippen LogP contribution in [0.3, 0.4) is 0 Å². The second kappa shape index (κ2) is 9.86. The zero-order chi connectivity index (χ0) is 26.9. The molecule has 0 bridgehead atoms. The summed E-state index contributed by atoms with van der Waals surface area (Å²) in [4.78, 5) is 42.0. The first-order valence-corrected chi connectivity index (χ1v) is 15.4. The van der Waals surface area contributed by atoms with Crippen molar-refractivity contribution in [1.82, 2.24) is 0 Å². The van der Waals surface area contributed by atoms with E-state index in [1.165, 1.54) is 13.2 Å². The Bertz CT molecular complexity index is 1080. The van der Waals surface area contributed by atoms with Gasteiger partial charge in [-0.15, -0.1) is 0 Å². The van der Waals surface area contributed by atoms with Gasteiger partial charge >= 0.3 is 11.9 Å². The van der Waals surface area contributed by atoms with Crippen molar-refractivity contribution in [3.63, 3.8) is 0 Å². The lowest BCUT2D eigenvalue weighted by molar-refractivity contribution is -0.217. The molecule has 1 heterocycles. The fourth-order valence-electron chi connectivity index (χ4n) is 4.59. The van der Waals surface area contributed by atoms with Crippen LogP contribution in [0.15, 0.2) is 48.2 Å². The minimum atomic E-state index is -2.19. The molecule has 0 saturated carbocycles. The Labute approximate surface area is 213 Å². The number of ether oxygens (including phenoxy) is 4.